The quantitative estimate of drug-likeness (QED) is 0.906. The Labute approximate surface area is 125 Å². The molecule has 7 heteroatoms. The number of amides is 1. The van der Waals surface area contributed by atoms with Crippen molar-refractivity contribution in [2.45, 2.75) is 20.3 Å². The van der Waals surface area contributed by atoms with Gasteiger partial charge in [-0.15, -0.1) is 0 Å². The molecule has 1 heterocycles. The molecule has 0 aliphatic carbocycles. The average molecular weight is 309 g/mol. The molecule has 0 aliphatic rings. The SMILES string of the molecule is Cc1noc(C)c1CC(=O)Nc1ccc(C(=O)O)cc1Cl. The predicted octanol–water partition coefficient (Wildman–Crippen LogP) is 2.82. The summed E-state index contributed by atoms with van der Waals surface area (Å²) >= 11 is 5.95. The van der Waals surface area contributed by atoms with Gasteiger partial charge in [-0.1, -0.05) is 16.8 Å². The van der Waals surface area contributed by atoms with Crippen LogP contribution in [0.3, 0.4) is 0 Å². The molecule has 2 rings (SSSR count). The third-order valence-corrected chi connectivity index (χ3v) is 3.32. The van der Waals surface area contributed by atoms with E-state index in [1.165, 1.54) is 18.2 Å². The van der Waals surface area contributed by atoms with Gasteiger partial charge >= 0.3 is 5.97 Å². The summed E-state index contributed by atoms with van der Waals surface area (Å²) in [5.74, 6) is -0.769. The van der Waals surface area contributed by atoms with E-state index >= 15 is 0 Å². The number of halogens is 1. The zero-order valence-electron chi connectivity index (χ0n) is 11.4. The van der Waals surface area contributed by atoms with Crippen molar-refractivity contribution < 1.29 is 19.2 Å². The number of hydrogen-bond donors (Lipinski definition) is 2. The molecule has 2 N–H and O–H groups in total. The molecule has 0 fully saturated rings. The summed E-state index contributed by atoms with van der Waals surface area (Å²) in [6.45, 7) is 3.49. The third-order valence-electron chi connectivity index (χ3n) is 3.01. The van der Waals surface area contributed by atoms with E-state index in [0.29, 0.717) is 17.1 Å². The molecule has 6 nitrogen and oxygen atoms in total. The number of aromatic carboxylic acids is 1. The van der Waals surface area contributed by atoms with Gasteiger partial charge in [0.2, 0.25) is 5.91 Å². The number of aromatic nitrogens is 1. The van der Waals surface area contributed by atoms with Gasteiger partial charge in [0.15, 0.2) is 0 Å². The molecule has 0 aliphatic heterocycles. The minimum absolute atomic E-state index is 0.0590. The summed E-state index contributed by atoms with van der Waals surface area (Å²) < 4.78 is 4.99. The van der Waals surface area contributed by atoms with Crippen molar-refractivity contribution in [3.8, 4) is 0 Å². The zero-order chi connectivity index (χ0) is 15.6. The molecule has 1 aromatic carbocycles. The molecule has 0 unspecified atom stereocenters. The highest BCUT2D eigenvalue weighted by Crippen LogP contribution is 2.23. The van der Waals surface area contributed by atoms with Crippen molar-refractivity contribution in [2.75, 3.05) is 5.32 Å². The number of hydrogen-bond acceptors (Lipinski definition) is 4. The first kappa shape index (κ1) is 15.1. The second-order valence-electron chi connectivity index (χ2n) is 4.53. The lowest BCUT2D eigenvalue weighted by Crippen LogP contribution is -2.15. The lowest BCUT2D eigenvalue weighted by atomic mass is 10.1. The van der Waals surface area contributed by atoms with E-state index in [9.17, 15) is 9.59 Å². The number of carboxylic acids is 1. The Kier molecular flexibility index (Phi) is 4.28. The van der Waals surface area contributed by atoms with E-state index in [0.717, 1.165) is 5.56 Å². The maximum Gasteiger partial charge on any atom is 0.335 e. The predicted molar refractivity (Wildman–Crippen MR) is 76.7 cm³/mol. The van der Waals surface area contributed by atoms with Gasteiger partial charge in [0.05, 0.1) is 28.4 Å². The smallest absolute Gasteiger partial charge is 0.335 e. The molecule has 2 aromatic rings. The van der Waals surface area contributed by atoms with Crippen molar-refractivity contribution in [1.29, 1.82) is 0 Å². The Bertz CT molecular complexity index is 689. The van der Waals surface area contributed by atoms with Crippen LogP contribution in [0.5, 0.6) is 0 Å². The van der Waals surface area contributed by atoms with Crippen LogP contribution in [0.4, 0.5) is 5.69 Å². The fourth-order valence-corrected chi connectivity index (χ4v) is 2.09. The monoisotopic (exact) mass is 308 g/mol. The van der Waals surface area contributed by atoms with Crippen LogP contribution in [0, 0.1) is 13.8 Å². The van der Waals surface area contributed by atoms with E-state index in [1.807, 2.05) is 0 Å². The summed E-state index contributed by atoms with van der Waals surface area (Å²) in [7, 11) is 0. The third kappa shape index (κ3) is 3.41. The normalized spacial score (nSPS) is 10.4. The number of carbonyl (C=O) groups is 2. The highest BCUT2D eigenvalue weighted by atomic mass is 35.5. The maximum absolute atomic E-state index is 12.0. The molecule has 1 aromatic heterocycles. The molecular formula is C14H13ClN2O4. The minimum Gasteiger partial charge on any atom is -0.478 e. The Morgan fingerprint density at radius 1 is 1.38 bits per heavy atom. The average Bonchev–Trinajstić information content (AvgIpc) is 2.72. The van der Waals surface area contributed by atoms with Crippen molar-refractivity contribution in [1.82, 2.24) is 5.16 Å². The zero-order valence-corrected chi connectivity index (χ0v) is 12.2. The van der Waals surface area contributed by atoms with E-state index in [2.05, 4.69) is 10.5 Å². The van der Waals surface area contributed by atoms with E-state index in [1.54, 1.807) is 13.8 Å². The number of nitrogens with one attached hydrogen (secondary N) is 1. The summed E-state index contributed by atoms with van der Waals surface area (Å²) in [5.41, 5.74) is 1.81. The van der Waals surface area contributed by atoms with Crippen LogP contribution in [-0.4, -0.2) is 22.1 Å². The Morgan fingerprint density at radius 3 is 2.62 bits per heavy atom. The second kappa shape index (κ2) is 5.97. The first-order valence-corrected chi connectivity index (χ1v) is 6.50. The number of anilines is 1. The lowest BCUT2D eigenvalue weighted by molar-refractivity contribution is -0.115. The number of rotatable bonds is 4. The molecule has 0 atom stereocenters. The first-order valence-electron chi connectivity index (χ1n) is 6.13. The molecule has 110 valence electrons. The molecule has 0 spiro atoms. The van der Waals surface area contributed by atoms with Gasteiger partial charge in [-0.25, -0.2) is 4.79 Å². The summed E-state index contributed by atoms with van der Waals surface area (Å²) in [6, 6.07) is 4.12. The molecular weight excluding hydrogens is 296 g/mol. The van der Waals surface area contributed by atoms with Crippen LogP contribution < -0.4 is 5.32 Å². The van der Waals surface area contributed by atoms with Crippen molar-refractivity contribution in [3.05, 3.63) is 45.8 Å². The van der Waals surface area contributed by atoms with Crippen molar-refractivity contribution in [3.63, 3.8) is 0 Å². The maximum atomic E-state index is 12.0. The lowest BCUT2D eigenvalue weighted by Gasteiger charge is -2.07. The Balaban J connectivity index is 2.11. The van der Waals surface area contributed by atoms with Crippen molar-refractivity contribution >= 4 is 29.2 Å². The van der Waals surface area contributed by atoms with Crippen molar-refractivity contribution in [2.24, 2.45) is 0 Å². The molecule has 0 saturated carbocycles. The van der Waals surface area contributed by atoms with Gasteiger partial charge in [0, 0.05) is 5.56 Å². The molecule has 0 saturated heterocycles. The Hall–Kier alpha value is -2.34. The molecule has 0 radical (unpaired) electrons. The van der Waals surface area contributed by atoms with E-state index in [-0.39, 0.29) is 22.9 Å². The fraction of sp³-hybridized carbons (Fsp3) is 0.214. The summed E-state index contributed by atoms with van der Waals surface area (Å²) in [6.07, 6.45) is 0.109. The number of nitrogens with zero attached hydrogens (tertiary/aromatic N) is 1. The van der Waals surface area contributed by atoms with Gasteiger partial charge < -0.3 is 14.9 Å². The number of benzene rings is 1. The van der Waals surface area contributed by atoms with Gasteiger partial charge in [-0.05, 0) is 32.0 Å². The van der Waals surface area contributed by atoms with Gasteiger partial charge in [-0.2, -0.15) is 0 Å². The Morgan fingerprint density at radius 2 is 2.10 bits per heavy atom. The van der Waals surface area contributed by atoms with Crippen LogP contribution in [0.15, 0.2) is 22.7 Å². The van der Waals surface area contributed by atoms with Gasteiger partial charge in [0.1, 0.15) is 5.76 Å². The minimum atomic E-state index is -1.08. The van der Waals surface area contributed by atoms with Crippen LogP contribution in [-0.2, 0) is 11.2 Å². The van der Waals surface area contributed by atoms with Gasteiger partial charge in [0.25, 0.3) is 0 Å². The number of aryl methyl sites for hydroxylation is 2. The summed E-state index contributed by atoms with van der Waals surface area (Å²) in [5, 5.41) is 15.4. The molecule has 21 heavy (non-hydrogen) atoms. The first-order chi connectivity index (χ1) is 9.88. The van der Waals surface area contributed by atoms with Crippen LogP contribution in [0.25, 0.3) is 0 Å². The highest BCUT2D eigenvalue weighted by molar-refractivity contribution is 6.34. The van der Waals surface area contributed by atoms with Crippen LogP contribution in [0.1, 0.15) is 27.4 Å². The number of carboxylic acid groups (broad SMARTS) is 1. The topological polar surface area (TPSA) is 92.4 Å². The number of carbonyl (C=O) groups excluding carboxylic acids is 1. The van der Waals surface area contributed by atoms with Crippen LogP contribution >= 0.6 is 11.6 Å². The summed E-state index contributed by atoms with van der Waals surface area (Å²) in [4.78, 5) is 22.8. The fourth-order valence-electron chi connectivity index (χ4n) is 1.86. The molecule has 0 bridgehead atoms. The second-order valence-corrected chi connectivity index (χ2v) is 4.93. The van der Waals surface area contributed by atoms with E-state index < -0.39 is 5.97 Å². The van der Waals surface area contributed by atoms with E-state index in [4.69, 9.17) is 21.2 Å². The standard InChI is InChI=1S/C14H13ClN2O4/c1-7-10(8(2)21-17-7)6-13(18)16-12-4-3-9(14(19)20)5-11(12)15/h3-5H,6H2,1-2H3,(H,16,18)(H,19,20). The highest BCUT2D eigenvalue weighted by Gasteiger charge is 2.15. The van der Waals surface area contributed by atoms with Crippen LogP contribution in [0.2, 0.25) is 5.02 Å². The van der Waals surface area contributed by atoms with Gasteiger partial charge in [-0.3, -0.25) is 4.79 Å². The largest absolute Gasteiger partial charge is 0.478 e. The molecule has 1 amide bonds.